The molecule has 1 saturated heterocycles. The average Bonchev–Trinajstić information content (AvgIpc) is 2.94. The van der Waals surface area contributed by atoms with Crippen LogP contribution in [-0.2, 0) is 7.05 Å². The highest BCUT2D eigenvalue weighted by Crippen LogP contribution is 2.25. The van der Waals surface area contributed by atoms with Crippen molar-refractivity contribution in [3.63, 3.8) is 0 Å². The first-order valence-electron chi connectivity index (χ1n) is 8.08. The summed E-state index contributed by atoms with van der Waals surface area (Å²) in [6, 6.07) is 8.31. The van der Waals surface area contributed by atoms with Gasteiger partial charge in [-0.2, -0.15) is 0 Å². The number of rotatable bonds is 2. The van der Waals surface area contributed by atoms with Crippen molar-refractivity contribution in [1.29, 1.82) is 0 Å². The fourth-order valence-corrected chi connectivity index (χ4v) is 2.93. The Hall–Kier alpha value is -2.70. The third-order valence-electron chi connectivity index (χ3n) is 4.32. The zero-order chi connectivity index (χ0) is 17.1. The molecule has 2 aromatic rings. The number of nitrogens with zero attached hydrogens (tertiary/aromatic N) is 5. The number of urea groups is 1. The summed E-state index contributed by atoms with van der Waals surface area (Å²) < 4.78 is 1.44. The number of aryl methyl sites for hydroxylation is 2. The van der Waals surface area contributed by atoms with Gasteiger partial charge in [0.15, 0.2) is 0 Å². The van der Waals surface area contributed by atoms with Crippen LogP contribution in [0.5, 0.6) is 0 Å². The molecule has 24 heavy (non-hydrogen) atoms. The molecule has 1 aromatic heterocycles. The van der Waals surface area contributed by atoms with Gasteiger partial charge in [-0.3, -0.25) is 5.32 Å². The second-order valence-electron chi connectivity index (χ2n) is 6.29. The molecule has 2 heterocycles. The summed E-state index contributed by atoms with van der Waals surface area (Å²) in [4.78, 5) is 14.2. The van der Waals surface area contributed by atoms with Gasteiger partial charge in [0.1, 0.15) is 0 Å². The van der Waals surface area contributed by atoms with E-state index in [1.807, 2.05) is 4.90 Å². The van der Waals surface area contributed by atoms with Gasteiger partial charge in [-0.1, -0.05) is 53.5 Å². The van der Waals surface area contributed by atoms with Crippen LogP contribution in [0.25, 0.3) is 6.08 Å². The van der Waals surface area contributed by atoms with Gasteiger partial charge in [-0.05, 0) is 35.3 Å². The summed E-state index contributed by atoms with van der Waals surface area (Å²) in [6.07, 6.45) is 3.12. The number of piperidine rings is 1. The summed E-state index contributed by atoms with van der Waals surface area (Å²) in [7, 11) is 1.69. The van der Waals surface area contributed by atoms with Gasteiger partial charge in [0.2, 0.25) is 0 Å². The van der Waals surface area contributed by atoms with Crippen molar-refractivity contribution >= 4 is 18.1 Å². The SMILES string of the molecule is Cc1cccc(/C=C2\CCN(C(=O)Nc3nnnn3C)CC2C)c1. The zero-order valence-corrected chi connectivity index (χ0v) is 14.2. The molecule has 3 rings (SSSR count). The van der Waals surface area contributed by atoms with E-state index in [1.54, 1.807) is 7.05 Å². The number of carbonyl (C=O) groups excluding carboxylic acids is 1. The number of nitrogens with one attached hydrogen (secondary N) is 1. The summed E-state index contributed by atoms with van der Waals surface area (Å²) >= 11 is 0. The first kappa shape index (κ1) is 16.2. The van der Waals surface area contributed by atoms with Crippen molar-refractivity contribution in [3.8, 4) is 0 Å². The van der Waals surface area contributed by atoms with Crippen LogP contribution in [0.4, 0.5) is 10.7 Å². The Labute approximate surface area is 141 Å². The van der Waals surface area contributed by atoms with Crippen LogP contribution in [0.3, 0.4) is 0 Å². The van der Waals surface area contributed by atoms with E-state index < -0.39 is 0 Å². The summed E-state index contributed by atoms with van der Waals surface area (Å²) in [5.41, 5.74) is 3.86. The lowest BCUT2D eigenvalue weighted by Crippen LogP contribution is -2.42. The molecule has 0 aliphatic carbocycles. The molecule has 0 saturated carbocycles. The van der Waals surface area contributed by atoms with Crippen LogP contribution < -0.4 is 5.32 Å². The molecule has 7 nitrogen and oxygen atoms in total. The molecule has 1 aromatic carbocycles. The maximum Gasteiger partial charge on any atom is 0.324 e. The minimum absolute atomic E-state index is 0.158. The Morgan fingerprint density at radius 3 is 2.92 bits per heavy atom. The van der Waals surface area contributed by atoms with Gasteiger partial charge < -0.3 is 4.90 Å². The lowest BCUT2D eigenvalue weighted by Gasteiger charge is -2.33. The van der Waals surface area contributed by atoms with Crippen LogP contribution in [0.1, 0.15) is 24.5 Å². The van der Waals surface area contributed by atoms with Crippen molar-refractivity contribution in [1.82, 2.24) is 25.1 Å². The van der Waals surface area contributed by atoms with Crippen molar-refractivity contribution in [3.05, 3.63) is 41.0 Å². The largest absolute Gasteiger partial charge is 0.324 e. The smallest absolute Gasteiger partial charge is 0.324 e. The number of carbonyl (C=O) groups is 1. The van der Waals surface area contributed by atoms with E-state index in [9.17, 15) is 4.79 Å². The average molecular weight is 326 g/mol. The predicted octanol–water partition coefficient (Wildman–Crippen LogP) is 2.48. The van der Waals surface area contributed by atoms with Gasteiger partial charge >= 0.3 is 6.03 Å². The monoisotopic (exact) mass is 326 g/mol. The first-order chi connectivity index (χ1) is 11.5. The third kappa shape index (κ3) is 3.61. The number of tetrazole rings is 1. The molecule has 1 aliphatic heterocycles. The lowest BCUT2D eigenvalue weighted by atomic mass is 9.91. The standard InChI is InChI=1S/C17H22N6O/c1-12-5-4-6-14(9-12)10-15-7-8-23(11-13(15)2)17(24)18-16-19-20-21-22(16)3/h4-6,9-10,13H,7-8,11H2,1-3H3,(H,18,19,21,24)/b15-10+. The molecule has 0 spiro atoms. The first-order valence-corrected chi connectivity index (χ1v) is 8.08. The number of likely N-dealkylation sites (tertiary alicyclic amines) is 1. The highest BCUT2D eigenvalue weighted by Gasteiger charge is 2.25. The van der Waals surface area contributed by atoms with E-state index in [-0.39, 0.29) is 6.03 Å². The van der Waals surface area contributed by atoms with Crippen LogP contribution in [0.15, 0.2) is 29.8 Å². The number of hydrogen-bond acceptors (Lipinski definition) is 4. The molecule has 0 bridgehead atoms. The number of benzene rings is 1. The van der Waals surface area contributed by atoms with E-state index in [0.29, 0.717) is 25.0 Å². The highest BCUT2D eigenvalue weighted by atomic mass is 16.2. The van der Waals surface area contributed by atoms with E-state index >= 15 is 0 Å². The van der Waals surface area contributed by atoms with E-state index in [0.717, 1.165) is 6.42 Å². The Kier molecular flexibility index (Phi) is 4.59. The minimum atomic E-state index is -0.158. The topological polar surface area (TPSA) is 75.9 Å². The Morgan fingerprint density at radius 2 is 2.25 bits per heavy atom. The van der Waals surface area contributed by atoms with Crippen LogP contribution >= 0.6 is 0 Å². The molecule has 126 valence electrons. The summed E-state index contributed by atoms with van der Waals surface area (Å²) in [5.74, 6) is 0.677. The van der Waals surface area contributed by atoms with Gasteiger partial charge in [0, 0.05) is 20.1 Å². The normalized spacial score (nSPS) is 19.5. The highest BCUT2D eigenvalue weighted by molar-refractivity contribution is 5.87. The Balaban J connectivity index is 1.64. The van der Waals surface area contributed by atoms with Crippen molar-refractivity contribution in [2.45, 2.75) is 20.3 Å². The van der Waals surface area contributed by atoms with E-state index in [1.165, 1.54) is 21.4 Å². The van der Waals surface area contributed by atoms with Crippen molar-refractivity contribution < 1.29 is 4.79 Å². The molecular weight excluding hydrogens is 304 g/mol. The molecule has 2 amide bonds. The van der Waals surface area contributed by atoms with Crippen LogP contribution in [-0.4, -0.2) is 44.2 Å². The van der Waals surface area contributed by atoms with Crippen molar-refractivity contribution in [2.24, 2.45) is 13.0 Å². The molecule has 7 heteroatoms. The lowest BCUT2D eigenvalue weighted by molar-refractivity contribution is 0.197. The maximum absolute atomic E-state index is 12.4. The molecule has 1 fully saturated rings. The molecule has 1 atom stereocenters. The van der Waals surface area contributed by atoms with Gasteiger partial charge in [-0.25, -0.2) is 9.48 Å². The number of anilines is 1. The molecule has 1 N–H and O–H groups in total. The second-order valence-corrected chi connectivity index (χ2v) is 6.29. The zero-order valence-electron chi connectivity index (χ0n) is 14.2. The second kappa shape index (κ2) is 6.82. The quantitative estimate of drug-likeness (QED) is 0.920. The third-order valence-corrected chi connectivity index (χ3v) is 4.32. The molecule has 1 unspecified atom stereocenters. The van der Waals surface area contributed by atoms with Gasteiger partial charge in [-0.15, -0.1) is 0 Å². The molecule has 0 radical (unpaired) electrons. The number of amides is 2. The van der Waals surface area contributed by atoms with E-state index in [2.05, 4.69) is 65.0 Å². The Morgan fingerprint density at radius 1 is 1.42 bits per heavy atom. The minimum Gasteiger partial charge on any atom is -0.324 e. The predicted molar refractivity (Wildman–Crippen MR) is 92.3 cm³/mol. The fourth-order valence-electron chi connectivity index (χ4n) is 2.93. The molecule has 1 aliphatic rings. The van der Waals surface area contributed by atoms with Crippen LogP contribution in [0.2, 0.25) is 0 Å². The number of aromatic nitrogens is 4. The van der Waals surface area contributed by atoms with Crippen molar-refractivity contribution in [2.75, 3.05) is 18.4 Å². The Bertz CT molecular complexity index is 766. The van der Waals surface area contributed by atoms with E-state index in [4.69, 9.17) is 0 Å². The van der Waals surface area contributed by atoms with Gasteiger partial charge in [0.05, 0.1) is 0 Å². The molecular formula is C17H22N6O. The number of hydrogen-bond donors (Lipinski definition) is 1. The maximum atomic E-state index is 12.4. The fraction of sp³-hybridized carbons (Fsp3) is 0.412. The summed E-state index contributed by atoms with van der Waals surface area (Å²) in [6.45, 7) is 5.64. The summed E-state index contributed by atoms with van der Waals surface area (Å²) in [5, 5.41) is 13.8. The van der Waals surface area contributed by atoms with Crippen LogP contribution in [0, 0.1) is 12.8 Å². The van der Waals surface area contributed by atoms with Gasteiger partial charge in [0.25, 0.3) is 5.95 Å².